The monoisotopic (exact) mass is 281 g/mol. The van der Waals surface area contributed by atoms with Gasteiger partial charge in [0.15, 0.2) is 5.78 Å². The lowest BCUT2D eigenvalue weighted by Crippen LogP contribution is -2.23. The highest BCUT2D eigenvalue weighted by Gasteiger charge is 2.30. The van der Waals surface area contributed by atoms with Crippen LogP contribution in [0.5, 0.6) is 0 Å². The molecule has 1 atom stereocenters. The summed E-state index contributed by atoms with van der Waals surface area (Å²) < 4.78 is 0. The molecule has 1 aromatic heterocycles. The number of anilines is 1. The van der Waals surface area contributed by atoms with E-state index >= 15 is 0 Å². The second kappa shape index (κ2) is 5.28. The molecule has 1 aliphatic carbocycles. The maximum atomic E-state index is 12.5. The lowest BCUT2D eigenvalue weighted by Gasteiger charge is -2.24. The van der Waals surface area contributed by atoms with Gasteiger partial charge in [0.25, 0.3) is 0 Å². The van der Waals surface area contributed by atoms with Crippen molar-refractivity contribution < 1.29 is 4.79 Å². The van der Waals surface area contributed by atoms with Crippen molar-refractivity contribution in [2.24, 2.45) is 0 Å². The number of benzene rings is 1. The number of aromatic nitrogens is 2. The van der Waals surface area contributed by atoms with E-state index in [1.807, 2.05) is 6.92 Å². The average Bonchev–Trinajstić information content (AvgIpc) is 2.46. The Bertz CT molecular complexity index is 692. The number of ketones is 1. The van der Waals surface area contributed by atoms with Crippen LogP contribution in [0.25, 0.3) is 0 Å². The largest absolute Gasteiger partial charge is 0.368 e. The maximum Gasteiger partial charge on any atom is 0.220 e. The van der Waals surface area contributed by atoms with Crippen LogP contribution in [0.1, 0.15) is 52.1 Å². The van der Waals surface area contributed by atoms with Crippen LogP contribution in [0.4, 0.5) is 5.95 Å². The zero-order valence-corrected chi connectivity index (χ0v) is 12.4. The number of carbonyl (C=O) groups excluding carboxylic acids is 1. The van der Waals surface area contributed by atoms with Crippen LogP contribution in [0.2, 0.25) is 0 Å². The van der Waals surface area contributed by atoms with Gasteiger partial charge in [-0.3, -0.25) is 4.79 Å². The van der Waals surface area contributed by atoms with Gasteiger partial charge >= 0.3 is 0 Å². The Morgan fingerprint density at radius 3 is 2.57 bits per heavy atom. The number of carbonyl (C=O) groups is 1. The molecule has 2 aromatic rings. The van der Waals surface area contributed by atoms with Crippen LogP contribution in [-0.2, 0) is 12.8 Å². The first kappa shape index (κ1) is 13.7. The van der Waals surface area contributed by atoms with Gasteiger partial charge in [0.2, 0.25) is 5.95 Å². The summed E-state index contributed by atoms with van der Waals surface area (Å²) in [5, 5.41) is 0. The van der Waals surface area contributed by atoms with Crippen molar-refractivity contribution in [3.63, 3.8) is 0 Å². The predicted molar refractivity (Wildman–Crippen MR) is 82.4 cm³/mol. The van der Waals surface area contributed by atoms with E-state index < -0.39 is 0 Å². The van der Waals surface area contributed by atoms with Crippen LogP contribution in [0.15, 0.2) is 24.3 Å². The lowest BCUT2D eigenvalue weighted by molar-refractivity contribution is 0.0961. The first-order valence-electron chi connectivity index (χ1n) is 7.33. The van der Waals surface area contributed by atoms with E-state index in [0.29, 0.717) is 18.4 Å². The summed E-state index contributed by atoms with van der Waals surface area (Å²) in [6.07, 6.45) is 1.98. The van der Waals surface area contributed by atoms with E-state index in [2.05, 4.69) is 41.2 Å². The van der Waals surface area contributed by atoms with Gasteiger partial charge in [-0.1, -0.05) is 36.8 Å². The van der Waals surface area contributed by atoms with Crippen LogP contribution >= 0.6 is 0 Å². The molecule has 0 bridgehead atoms. The number of hydrogen-bond donors (Lipinski definition) is 1. The van der Waals surface area contributed by atoms with Gasteiger partial charge in [-0.25, -0.2) is 9.97 Å². The molecule has 4 nitrogen and oxygen atoms in total. The number of aryl methyl sites for hydroxylation is 2. The Morgan fingerprint density at radius 1 is 1.19 bits per heavy atom. The number of nitrogens with two attached hydrogens (primary N) is 1. The third-order valence-electron chi connectivity index (χ3n) is 4.11. The van der Waals surface area contributed by atoms with Crippen LogP contribution in [0.3, 0.4) is 0 Å². The van der Waals surface area contributed by atoms with Gasteiger partial charge < -0.3 is 5.73 Å². The molecule has 0 radical (unpaired) electrons. The Hall–Kier alpha value is -2.23. The molecule has 1 aromatic carbocycles. The zero-order valence-electron chi connectivity index (χ0n) is 12.4. The molecular weight excluding hydrogens is 262 g/mol. The second-order valence-electron chi connectivity index (χ2n) is 5.64. The van der Waals surface area contributed by atoms with Crippen LogP contribution in [0, 0.1) is 6.92 Å². The summed E-state index contributed by atoms with van der Waals surface area (Å²) in [5.41, 5.74) is 10.5. The minimum Gasteiger partial charge on any atom is -0.368 e. The fourth-order valence-corrected chi connectivity index (χ4v) is 3.01. The number of hydrogen-bond acceptors (Lipinski definition) is 4. The average molecular weight is 281 g/mol. The SMILES string of the molecule is CCc1nc(N)nc2c1C(=O)C[C@H](c1ccc(C)cc1)C2. The highest BCUT2D eigenvalue weighted by atomic mass is 16.1. The first-order chi connectivity index (χ1) is 10.1. The highest BCUT2D eigenvalue weighted by molar-refractivity contribution is 5.99. The van der Waals surface area contributed by atoms with Gasteiger partial charge in [0, 0.05) is 6.42 Å². The Kier molecular flexibility index (Phi) is 3.45. The van der Waals surface area contributed by atoms with Crippen molar-refractivity contribution in [1.82, 2.24) is 9.97 Å². The van der Waals surface area contributed by atoms with Crippen molar-refractivity contribution >= 4 is 11.7 Å². The van der Waals surface area contributed by atoms with Crippen molar-refractivity contribution in [2.45, 2.75) is 39.0 Å². The summed E-state index contributed by atoms with van der Waals surface area (Å²) in [7, 11) is 0. The van der Waals surface area contributed by atoms with Gasteiger partial charge in [-0.2, -0.15) is 0 Å². The topological polar surface area (TPSA) is 68.9 Å². The van der Waals surface area contributed by atoms with E-state index in [-0.39, 0.29) is 17.6 Å². The van der Waals surface area contributed by atoms with Gasteiger partial charge in [-0.15, -0.1) is 0 Å². The molecule has 2 N–H and O–H groups in total. The minimum absolute atomic E-state index is 0.138. The van der Waals surface area contributed by atoms with Crippen molar-refractivity contribution in [2.75, 3.05) is 5.73 Å². The molecular formula is C17H19N3O. The standard InChI is InChI=1S/C17H19N3O/c1-3-13-16-14(20-17(18)19-13)8-12(9-15(16)21)11-6-4-10(2)5-7-11/h4-7,12H,3,8-9H2,1-2H3,(H2,18,19,20)/t12-/m1/s1. The molecule has 1 heterocycles. The second-order valence-corrected chi connectivity index (χ2v) is 5.64. The Balaban J connectivity index is 2.00. The number of rotatable bonds is 2. The summed E-state index contributed by atoms with van der Waals surface area (Å²) in [4.78, 5) is 21.0. The third kappa shape index (κ3) is 2.53. The fourth-order valence-electron chi connectivity index (χ4n) is 3.01. The molecule has 21 heavy (non-hydrogen) atoms. The fraction of sp³-hybridized carbons (Fsp3) is 0.353. The van der Waals surface area contributed by atoms with E-state index in [1.54, 1.807) is 0 Å². The predicted octanol–water partition coefficient (Wildman–Crippen LogP) is 2.84. The molecule has 0 spiro atoms. The number of nitrogen functional groups attached to an aromatic ring is 1. The molecule has 3 rings (SSSR count). The molecule has 0 saturated heterocycles. The van der Waals surface area contributed by atoms with Crippen molar-refractivity contribution in [1.29, 1.82) is 0 Å². The molecule has 0 amide bonds. The molecule has 0 fully saturated rings. The molecule has 0 aliphatic heterocycles. The van der Waals surface area contributed by atoms with Crippen molar-refractivity contribution in [3.8, 4) is 0 Å². The van der Waals surface area contributed by atoms with E-state index in [9.17, 15) is 4.79 Å². The smallest absolute Gasteiger partial charge is 0.220 e. The van der Waals surface area contributed by atoms with Gasteiger partial charge in [0.1, 0.15) is 0 Å². The quantitative estimate of drug-likeness (QED) is 0.919. The molecule has 0 unspecified atom stereocenters. The highest BCUT2D eigenvalue weighted by Crippen LogP contribution is 2.33. The van der Waals surface area contributed by atoms with Crippen molar-refractivity contribution in [3.05, 3.63) is 52.3 Å². The molecule has 4 heteroatoms. The minimum atomic E-state index is 0.138. The number of nitrogens with zero attached hydrogens (tertiary/aromatic N) is 2. The number of Topliss-reactive ketones (excluding diaryl/α,β-unsaturated/α-hetero) is 1. The Labute approximate surface area is 124 Å². The molecule has 1 aliphatic rings. The summed E-state index contributed by atoms with van der Waals surface area (Å²) in [6, 6.07) is 8.37. The Morgan fingerprint density at radius 2 is 1.90 bits per heavy atom. The normalized spacial score (nSPS) is 17.6. The third-order valence-corrected chi connectivity index (χ3v) is 4.11. The van der Waals surface area contributed by atoms with Crippen LogP contribution in [-0.4, -0.2) is 15.8 Å². The summed E-state index contributed by atoms with van der Waals surface area (Å²) >= 11 is 0. The summed E-state index contributed by atoms with van der Waals surface area (Å²) in [5.74, 6) is 0.589. The molecule has 0 saturated carbocycles. The lowest BCUT2D eigenvalue weighted by atomic mass is 9.81. The van der Waals surface area contributed by atoms with E-state index in [1.165, 1.54) is 11.1 Å². The summed E-state index contributed by atoms with van der Waals surface area (Å²) in [6.45, 7) is 4.05. The van der Waals surface area contributed by atoms with Gasteiger partial charge in [-0.05, 0) is 31.2 Å². The van der Waals surface area contributed by atoms with E-state index in [4.69, 9.17) is 5.73 Å². The molecule has 108 valence electrons. The number of fused-ring (bicyclic) bond motifs is 1. The first-order valence-corrected chi connectivity index (χ1v) is 7.33. The zero-order chi connectivity index (χ0) is 15.0. The maximum absolute atomic E-state index is 12.5. The van der Waals surface area contributed by atoms with E-state index in [0.717, 1.165) is 17.8 Å². The van der Waals surface area contributed by atoms with Gasteiger partial charge in [0.05, 0.1) is 17.0 Å². The van der Waals surface area contributed by atoms with Crippen LogP contribution < -0.4 is 5.73 Å².